The van der Waals surface area contributed by atoms with Crippen molar-refractivity contribution in [1.82, 2.24) is 10.2 Å². The second-order valence-corrected chi connectivity index (χ2v) is 6.45. The number of nitrogens with one attached hydrogen (secondary N) is 1. The van der Waals surface area contributed by atoms with Crippen molar-refractivity contribution in [2.24, 2.45) is 5.92 Å². The first-order valence-corrected chi connectivity index (χ1v) is 8.19. The molecular weight excluding hydrogens is 268 g/mol. The van der Waals surface area contributed by atoms with Crippen LogP contribution in [0, 0.1) is 5.92 Å². The number of nitrogens with zero attached hydrogens (tertiary/aromatic N) is 1. The van der Waals surface area contributed by atoms with Crippen LogP contribution in [0.25, 0.3) is 0 Å². The second kappa shape index (κ2) is 9.43. The molecule has 0 aliphatic carbocycles. The Labute approximate surface area is 121 Å². The highest BCUT2D eigenvalue weighted by Gasteiger charge is 2.24. The lowest BCUT2D eigenvalue weighted by Crippen LogP contribution is -2.46. The fraction of sp³-hybridized carbons (Fsp3) is 1.00. The molecular formula is C13H27ClN2OS. The van der Waals surface area contributed by atoms with Gasteiger partial charge in [-0.1, -0.05) is 0 Å². The maximum atomic E-state index is 9.23. The first kappa shape index (κ1) is 16.6. The van der Waals surface area contributed by atoms with Crippen molar-refractivity contribution in [2.75, 3.05) is 44.3 Å². The van der Waals surface area contributed by atoms with Crippen LogP contribution in [0.1, 0.15) is 25.7 Å². The minimum atomic E-state index is 0. The van der Waals surface area contributed by atoms with Crippen LogP contribution in [-0.4, -0.2) is 60.3 Å². The molecule has 0 amide bonds. The summed E-state index contributed by atoms with van der Waals surface area (Å²) in [6.07, 6.45) is 5.35. The van der Waals surface area contributed by atoms with Gasteiger partial charge in [0, 0.05) is 24.9 Å². The molecule has 2 heterocycles. The van der Waals surface area contributed by atoms with Crippen LogP contribution in [0.2, 0.25) is 0 Å². The lowest BCUT2D eigenvalue weighted by atomic mass is 9.98. The fourth-order valence-electron chi connectivity index (χ4n) is 2.97. The number of piperidine rings is 1. The van der Waals surface area contributed by atoms with E-state index >= 15 is 0 Å². The number of hydrogen-bond acceptors (Lipinski definition) is 4. The van der Waals surface area contributed by atoms with E-state index in [9.17, 15) is 5.11 Å². The molecule has 2 rings (SSSR count). The van der Waals surface area contributed by atoms with Gasteiger partial charge in [0.1, 0.15) is 0 Å². The van der Waals surface area contributed by atoms with Crippen molar-refractivity contribution >= 4 is 24.2 Å². The Morgan fingerprint density at radius 3 is 2.78 bits per heavy atom. The molecule has 18 heavy (non-hydrogen) atoms. The van der Waals surface area contributed by atoms with Crippen molar-refractivity contribution in [3.63, 3.8) is 0 Å². The van der Waals surface area contributed by atoms with Crippen molar-refractivity contribution in [3.8, 4) is 0 Å². The lowest BCUT2D eigenvalue weighted by molar-refractivity contribution is 0.125. The van der Waals surface area contributed by atoms with Gasteiger partial charge in [-0.05, 0) is 50.4 Å². The minimum Gasteiger partial charge on any atom is -0.395 e. The van der Waals surface area contributed by atoms with Gasteiger partial charge in [-0.15, -0.1) is 12.4 Å². The summed E-state index contributed by atoms with van der Waals surface area (Å²) in [6, 6.07) is 0.711. The predicted octanol–water partition coefficient (Wildman–Crippen LogP) is 1.60. The number of aliphatic hydroxyl groups excluding tert-OH is 1. The van der Waals surface area contributed by atoms with Gasteiger partial charge in [0.25, 0.3) is 0 Å². The fourth-order valence-corrected chi connectivity index (χ4v) is 4.16. The van der Waals surface area contributed by atoms with Crippen LogP contribution in [0.5, 0.6) is 0 Å². The van der Waals surface area contributed by atoms with E-state index in [-0.39, 0.29) is 12.4 Å². The Bertz CT molecular complexity index is 209. The Kier molecular flexibility index (Phi) is 8.68. The highest BCUT2D eigenvalue weighted by Crippen LogP contribution is 2.23. The Morgan fingerprint density at radius 2 is 2.17 bits per heavy atom. The number of thioether (sulfide) groups is 1. The molecule has 0 radical (unpaired) electrons. The molecule has 2 atom stereocenters. The molecule has 2 unspecified atom stereocenters. The molecule has 0 bridgehead atoms. The van der Waals surface area contributed by atoms with Gasteiger partial charge in [-0.3, -0.25) is 4.90 Å². The molecule has 2 saturated heterocycles. The third kappa shape index (κ3) is 5.25. The zero-order valence-electron chi connectivity index (χ0n) is 11.1. The monoisotopic (exact) mass is 294 g/mol. The average molecular weight is 295 g/mol. The summed E-state index contributed by atoms with van der Waals surface area (Å²) in [4.78, 5) is 2.55. The van der Waals surface area contributed by atoms with Gasteiger partial charge < -0.3 is 10.4 Å². The Morgan fingerprint density at radius 1 is 1.28 bits per heavy atom. The van der Waals surface area contributed by atoms with E-state index in [1.165, 1.54) is 56.8 Å². The average Bonchev–Trinajstić information content (AvgIpc) is 2.40. The zero-order valence-corrected chi connectivity index (χ0v) is 12.8. The molecule has 0 aromatic heterocycles. The molecule has 0 spiro atoms. The van der Waals surface area contributed by atoms with E-state index in [4.69, 9.17) is 0 Å². The summed E-state index contributed by atoms with van der Waals surface area (Å²) in [6.45, 7) is 4.71. The van der Waals surface area contributed by atoms with Crippen LogP contribution < -0.4 is 5.32 Å². The van der Waals surface area contributed by atoms with Crippen molar-refractivity contribution in [1.29, 1.82) is 0 Å². The largest absolute Gasteiger partial charge is 0.395 e. The van der Waals surface area contributed by atoms with Gasteiger partial charge in [-0.2, -0.15) is 11.8 Å². The molecule has 0 saturated carbocycles. The van der Waals surface area contributed by atoms with E-state index in [0.717, 1.165) is 12.5 Å². The zero-order chi connectivity index (χ0) is 11.9. The van der Waals surface area contributed by atoms with Crippen LogP contribution >= 0.6 is 24.2 Å². The van der Waals surface area contributed by atoms with E-state index in [1.54, 1.807) is 0 Å². The number of aliphatic hydroxyl groups is 1. The maximum Gasteiger partial charge on any atom is 0.0558 e. The quantitative estimate of drug-likeness (QED) is 0.807. The van der Waals surface area contributed by atoms with Crippen LogP contribution in [0.15, 0.2) is 0 Å². The molecule has 2 aliphatic heterocycles. The highest BCUT2D eigenvalue weighted by molar-refractivity contribution is 7.99. The third-order valence-corrected chi connectivity index (χ3v) is 5.13. The summed E-state index contributed by atoms with van der Waals surface area (Å²) in [5.41, 5.74) is 0. The SMILES string of the molecule is Cl.OCCN(CC1CCCNC1)C1CCCSC1. The lowest BCUT2D eigenvalue weighted by Gasteiger charge is -2.37. The molecule has 3 nitrogen and oxygen atoms in total. The maximum absolute atomic E-state index is 9.23. The topological polar surface area (TPSA) is 35.5 Å². The van der Waals surface area contributed by atoms with E-state index in [1.807, 2.05) is 0 Å². The summed E-state index contributed by atoms with van der Waals surface area (Å²) in [5.74, 6) is 3.39. The molecule has 2 N–H and O–H groups in total. The first-order chi connectivity index (χ1) is 8.40. The normalized spacial score (nSPS) is 29.0. The molecule has 0 aromatic carbocycles. The van der Waals surface area contributed by atoms with Gasteiger partial charge >= 0.3 is 0 Å². The predicted molar refractivity (Wildman–Crippen MR) is 81.8 cm³/mol. The second-order valence-electron chi connectivity index (χ2n) is 5.30. The van der Waals surface area contributed by atoms with Gasteiger partial charge in [0.05, 0.1) is 6.61 Å². The number of halogens is 1. The van der Waals surface area contributed by atoms with Gasteiger partial charge in [0.2, 0.25) is 0 Å². The number of rotatable bonds is 5. The summed E-state index contributed by atoms with van der Waals surface area (Å²) in [5, 5.41) is 12.7. The van der Waals surface area contributed by atoms with E-state index < -0.39 is 0 Å². The summed E-state index contributed by atoms with van der Waals surface area (Å²) >= 11 is 2.08. The van der Waals surface area contributed by atoms with Crippen LogP contribution in [-0.2, 0) is 0 Å². The molecule has 5 heteroatoms. The smallest absolute Gasteiger partial charge is 0.0558 e. The summed E-state index contributed by atoms with van der Waals surface area (Å²) < 4.78 is 0. The Balaban J connectivity index is 0.00000162. The van der Waals surface area contributed by atoms with E-state index in [0.29, 0.717) is 12.6 Å². The third-order valence-electron chi connectivity index (χ3n) is 3.93. The van der Waals surface area contributed by atoms with Crippen molar-refractivity contribution in [3.05, 3.63) is 0 Å². The van der Waals surface area contributed by atoms with Gasteiger partial charge in [0.15, 0.2) is 0 Å². The van der Waals surface area contributed by atoms with Crippen LogP contribution in [0.3, 0.4) is 0 Å². The molecule has 2 fully saturated rings. The van der Waals surface area contributed by atoms with Crippen LogP contribution in [0.4, 0.5) is 0 Å². The van der Waals surface area contributed by atoms with Crippen molar-refractivity contribution < 1.29 is 5.11 Å². The molecule has 0 aromatic rings. The Hall–Kier alpha value is 0.520. The molecule has 108 valence electrons. The molecule has 2 aliphatic rings. The minimum absolute atomic E-state index is 0. The van der Waals surface area contributed by atoms with E-state index in [2.05, 4.69) is 22.0 Å². The van der Waals surface area contributed by atoms with Gasteiger partial charge in [-0.25, -0.2) is 0 Å². The summed E-state index contributed by atoms with van der Waals surface area (Å²) in [7, 11) is 0. The van der Waals surface area contributed by atoms with Crippen molar-refractivity contribution in [2.45, 2.75) is 31.7 Å². The number of hydrogen-bond donors (Lipinski definition) is 2. The first-order valence-electron chi connectivity index (χ1n) is 7.03. The standard InChI is InChI=1S/C13H26N2OS.ClH/c16-7-6-15(13-4-2-8-17-11-13)10-12-3-1-5-14-9-12;/h12-14,16H,1-11H2;1H. The highest BCUT2D eigenvalue weighted by atomic mass is 35.5.